The summed E-state index contributed by atoms with van der Waals surface area (Å²) in [4.78, 5) is 23.0. The Kier molecular flexibility index (Phi) is 4.95. The van der Waals surface area contributed by atoms with E-state index in [9.17, 15) is 9.59 Å². The number of rotatable bonds is 4. The van der Waals surface area contributed by atoms with E-state index in [1.807, 2.05) is 0 Å². The van der Waals surface area contributed by atoms with Crippen LogP contribution in [0.15, 0.2) is 0 Å². The van der Waals surface area contributed by atoms with E-state index in [2.05, 4.69) is 10.6 Å². The van der Waals surface area contributed by atoms with Crippen molar-refractivity contribution >= 4 is 11.8 Å². The van der Waals surface area contributed by atoms with Crippen LogP contribution in [-0.4, -0.2) is 50.3 Å². The standard InChI is InChI=1S/C12H20N2O4/c15-11(13-7-9-3-1-5-17-9)12(16)14-8-10-4-2-6-18-10/h9-10H,1-8H2,(H,13,15)(H,14,16)/t9-,10-/m0/s1. The monoisotopic (exact) mass is 256 g/mol. The van der Waals surface area contributed by atoms with Gasteiger partial charge >= 0.3 is 11.8 Å². The molecule has 0 radical (unpaired) electrons. The first-order chi connectivity index (χ1) is 8.75. The molecule has 2 heterocycles. The third kappa shape index (κ3) is 3.96. The van der Waals surface area contributed by atoms with Crippen molar-refractivity contribution in [3.8, 4) is 0 Å². The highest BCUT2D eigenvalue weighted by atomic mass is 16.5. The van der Waals surface area contributed by atoms with Crippen molar-refractivity contribution < 1.29 is 19.1 Å². The molecule has 0 aromatic carbocycles. The molecule has 0 spiro atoms. The normalized spacial score (nSPS) is 27.1. The van der Waals surface area contributed by atoms with Gasteiger partial charge in [0.05, 0.1) is 12.2 Å². The number of carbonyl (C=O) groups excluding carboxylic acids is 2. The lowest BCUT2D eigenvalue weighted by atomic mass is 10.2. The number of amides is 2. The number of ether oxygens (including phenoxy) is 2. The number of hydrogen-bond donors (Lipinski definition) is 2. The van der Waals surface area contributed by atoms with Crippen LogP contribution >= 0.6 is 0 Å². The lowest BCUT2D eigenvalue weighted by molar-refractivity contribution is -0.139. The van der Waals surface area contributed by atoms with Crippen LogP contribution in [0.4, 0.5) is 0 Å². The first-order valence-electron chi connectivity index (χ1n) is 6.55. The van der Waals surface area contributed by atoms with Gasteiger partial charge in [0.2, 0.25) is 0 Å². The van der Waals surface area contributed by atoms with Gasteiger partial charge in [0.25, 0.3) is 0 Å². The highest BCUT2D eigenvalue weighted by Gasteiger charge is 2.21. The van der Waals surface area contributed by atoms with Crippen LogP contribution in [0.2, 0.25) is 0 Å². The SMILES string of the molecule is O=C(NC[C@@H]1CCCO1)C(=O)NC[C@@H]1CCCO1. The second-order valence-electron chi connectivity index (χ2n) is 4.69. The molecule has 6 heteroatoms. The van der Waals surface area contributed by atoms with Gasteiger partial charge in [-0.1, -0.05) is 0 Å². The van der Waals surface area contributed by atoms with E-state index < -0.39 is 11.8 Å². The highest BCUT2D eigenvalue weighted by Crippen LogP contribution is 2.11. The minimum atomic E-state index is -0.594. The van der Waals surface area contributed by atoms with Crippen molar-refractivity contribution in [3.05, 3.63) is 0 Å². The molecule has 0 bridgehead atoms. The molecule has 102 valence electrons. The van der Waals surface area contributed by atoms with Gasteiger partial charge in [0, 0.05) is 26.3 Å². The quantitative estimate of drug-likeness (QED) is 0.670. The van der Waals surface area contributed by atoms with Crippen molar-refractivity contribution in [3.63, 3.8) is 0 Å². The van der Waals surface area contributed by atoms with Crippen LogP contribution in [0.1, 0.15) is 25.7 Å². The molecule has 0 unspecified atom stereocenters. The predicted molar refractivity (Wildman–Crippen MR) is 64.0 cm³/mol. The molecule has 2 N–H and O–H groups in total. The Labute approximate surface area is 106 Å². The van der Waals surface area contributed by atoms with Crippen LogP contribution in [0.3, 0.4) is 0 Å². The van der Waals surface area contributed by atoms with Gasteiger partial charge < -0.3 is 20.1 Å². The van der Waals surface area contributed by atoms with Gasteiger partial charge in [-0.15, -0.1) is 0 Å². The smallest absolute Gasteiger partial charge is 0.309 e. The van der Waals surface area contributed by atoms with Crippen LogP contribution in [0.5, 0.6) is 0 Å². The topological polar surface area (TPSA) is 76.7 Å². The molecule has 18 heavy (non-hydrogen) atoms. The summed E-state index contributed by atoms with van der Waals surface area (Å²) in [5.41, 5.74) is 0. The Bertz CT molecular complexity index is 266. The maximum Gasteiger partial charge on any atom is 0.309 e. The molecule has 2 aliphatic heterocycles. The Morgan fingerprint density at radius 1 is 0.889 bits per heavy atom. The van der Waals surface area contributed by atoms with Crippen molar-refractivity contribution in [1.82, 2.24) is 10.6 Å². The minimum Gasteiger partial charge on any atom is -0.376 e. The highest BCUT2D eigenvalue weighted by molar-refractivity contribution is 6.35. The van der Waals surface area contributed by atoms with Gasteiger partial charge in [-0.05, 0) is 25.7 Å². The molecule has 6 nitrogen and oxygen atoms in total. The average molecular weight is 256 g/mol. The van der Waals surface area contributed by atoms with Crippen LogP contribution < -0.4 is 10.6 Å². The lowest BCUT2D eigenvalue weighted by Gasteiger charge is -2.12. The molecule has 2 saturated heterocycles. The maximum absolute atomic E-state index is 11.5. The molecule has 0 aromatic rings. The van der Waals surface area contributed by atoms with E-state index in [0.29, 0.717) is 13.1 Å². The molecule has 2 rings (SSSR count). The van der Waals surface area contributed by atoms with E-state index in [1.165, 1.54) is 0 Å². The fourth-order valence-electron chi connectivity index (χ4n) is 2.18. The van der Waals surface area contributed by atoms with Gasteiger partial charge in [0.1, 0.15) is 0 Å². The number of carbonyl (C=O) groups is 2. The summed E-state index contributed by atoms with van der Waals surface area (Å²) in [5.74, 6) is -1.19. The first-order valence-corrected chi connectivity index (χ1v) is 6.55. The second-order valence-corrected chi connectivity index (χ2v) is 4.69. The molecule has 2 atom stereocenters. The summed E-state index contributed by atoms with van der Waals surface area (Å²) in [6.45, 7) is 2.30. The number of nitrogens with one attached hydrogen (secondary N) is 2. The molecule has 2 fully saturated rings. The zero-order valence-corrected chi connectivity index (χ0v) is 10.4. The van der Waals surface area contributed by atoms with Gasteiger partial charge in [-0.25, -0.2) is 0 Å². The van der Waals surface area contributed by atoms with E-state index in [1.54, 1.807) is 0 Å². The summed E-state index contributed by atoms with van der Waals surface area (Å²) in [6, 6.07) is 0. The molecule has 2 aliphatic rings. The fourth-order valence-corrected chi connectivity index (χ4v) is 2.18. The summed E-state index contributed by atoms with van der Waals surface area (Å²) in [6.07, 6.45) is 4.03. The van der Waals surface area contributed by atoms with Crippen molar-refractivity contribution in [2.45, 2.75) is 37.9 Å². The summed E-state index contributed by atoms with van der Waals surface area (Å²) < 4.78 is 10.7. The molecule has 0 aliphatic carbocycles. The minimum absolute atomic E-state index is 0.0555. The lowest BCUT2D eigenvalue weighted by Crippen LogP contribution is -2.44. The van der Waals surface area contributed by atoms with Gasteiger partial charge in [0.15, 0.2) is 0 Å². The van der Waals surface area contributed by atoms with Crippen molar-refractivity contribution in [2.24, 2.45) is 0 Å². The second kappa shape index (κ2) is 6.70. The fraction of sp³-hybridized carbons (Fsp3) is 0.833. The summed E-state index contributed by atoms with van der Waals surface area (Å²) in [7, 11) is 0. The zero-order valence-electron chi connectivity index (χ0n) is 10.4. The first kappa shape index (κ1) is 13.3. The third-order valence-corrected chi connectivity index (χ3v) is 3.23. The summed E-state index contributed by atoms with van der Waals surface area (Å²) in [5, 5.41) is 5.17. The molecule has 0 saturated carbocycles. The predicted octanol–water partition coefficient (Wildman–Crippen LogP) is -0.423. The largest absolute Gasteiger partial charge is 0.376 e. The van der Waals surface area contributed by atoms with Crippen LogP contribution in [0, 0.1) is 0 Å². The Morgan fingerprint density at radius 2 is 1.33 bits per heavy atom. The van der Waals surface area contributed by atoms with E-state index in [4.69, 9.17) is 9.47 Å². The van der Waals surface area contributed by atoms with Crippen LogP contribution in [0.25, 0.3) is 0 Å². The molecule has 0 aromatic heterocycles. The van der Waals surface area contributed by atoms with E-state index in [-0.39, 0.29) is 12.2 Å². The van der Waals surface area contributed by atoms with Crippen molar-refractivity contribution in [2.75, 3.05) is 26.3 Å². The van der Waals surface area contributed by atoms with Crippen molar-refractivity contribution in [1.29, 1.82) is 0 Å². The third-order valence-electron chi connectivity index (χ3n) is 3.23. The Hall–Kier alpha value is -1.14. The maximum atomic E-state index is 11.5. The van der Waals surface area contributed by atoms with Gasteiger partial charge in [-0.2, -0.15) is 0 Å². The average Bonchev–Trinajstić information content (AvgIpc) is 3.05. The molecule has 2 amide bonds. The van der Waals surface area contributed by atoms with Gasteiger partial charge in [-0.3, -0.25) is 9.59 Å². The van der Waals surface area contributed by atoms with E-state index in [0.717, 1.165) is 38.9 Å². The molecular weight excluding hydrogens is 236 g/mol. The number of hydrogen-bond acceptors (Lipinski definition) is 4. The van der Waals surface area contributed by atoms with Crippen LogP contribution in [-0.2, 0) is 19.1 Å². The molecular formula is C12H20N2O4. The Balaban J connectivity index is 1.59. The van der Waals surface area contributed by atoms with E-state index >= 15 is 0 Å². The zero-order chi connectivity index (χ0) is 12.8. The Morgan fingerprint density at radius 3 is 1.67 bits per heavy atom. The summed E-state index contributed by atoms with van der Waals surface area (Å²) >= 11 is 0.